The molecule has 0 aliphatic carbocycles. The Morgan fingerprint density at radius 1 is 0.463 bits per heavy atom. The summed E-state index contributed by atoms with van der Waals surface area (Å²) < 4.78 is 5.89. The zero-order chi connectivity index (χ0) is 48.8. The van der Waals surface area contributed by atoms with E-state index in [1.807, 2.05) is 6.08 Å². The molecule has 0 aromatic heterocycles. The zero-order valence-corrected chi connectivity index (χ0v) is 43.5. The Balaban J connectivity index is 4.79. The van der Waals surface area contributed by atoms with Gasteiger partial charge in [0.25, 0.3) is 0 Å². The SMILES string of the molecule is CC/C=C\C/C=C\C/C=C\C/C=C\C/C=C\C/C=C\CCC(=O)OC(CCCCC/C=C/C=C/C=C/CCCCCCC)CC(=O)NC(CO)C(O)CCCCCCCCCCCCCCC. The van der Waals surface area contributed by atoms with Crippen LogP contribution in [0.4, 0.5) is 0 Å². The number of rotatable bonds is 48. The van der Waals surface area contributed by atoms with Crippen LogP contribution in [0.1, 0.15) is 239 Å². The first-order valence-electron chi connectivity index (χ1n) is 27.6. The molecule has 3 unspecified atom stereocenters. The van der Waals surface area contributed by atoms with Gasteiger partial charge in [0.1, 0.15) is 6.10 Å². The van der Waals surface area contributed by atoms with E-state index in [2.05, 4.69) is 129 Å². The third-order valence-electron chi connectivity index (χ3n) is 11.9. The van der Waals surface area contributed by atoms with Crippen molar-refractivity contribution in [1.29, 1.82) is 0 Å². The molecule has 0 aromatic rings. The van der Waals surface area contributed by atoms with Gasteiger partial charge in [0.05, 0.1) is 25.2 Å². The minimum Gasteiger partial charge on any atom is -0.462 e. The van der Waals surface area contributed by atoms with E-state index in [0.717, 1.165) is 89.9 Å². The van der Waals surface area contributed by atoms with Crippen LogP contribution in [0.3, 0.4) is 0 Å². The van der Waals surface area contributed by atoms with E-state index in [1.165, 1.54) is 96.3 Å². The summed E-state index contributed by atoms with van der Waals surface area (Å²) in [6.07, 6.45) is 73.0. The van der Waals surface area contributed by atoms with Gasteiger partial charge in [-0.1, -0.05) is 246 Å². The Morgan fingerprint density at radius 2 is 0.866 bits per heavy atom. The second-order valence-electron chi connectivity index (χ2n) is 18.3. The minimum absolute atomic E-state index is 0.0184. The molecule has 0 saturated heterocycles. The molecule has 0 spiro atoms. The number of aliphatic hydroxyl groups excluding tert-OH is 2. The molecule has 382 valence electrons. The fourth-order valence-corrected chi connectivity index (χ4v) is 7.75. The van der Waals surface area contributed by atoms with Gasteiger partial charge < -0.3 is 20.3 Å². The number of aliphatic hydroxyl groups is 2. The third kappa shape index (κ3) is 48.8. The molecule has 0 aliphatic heterocycles. The number of amides is 1. The van der Waals surface area contributed by atoms with Crippen molar-refractivity contribution in [3.8, 4) is 0 Å². The van der Waals surface area contributed by atoms with Crippen molar-refractivity contribution in [2.24, 2.45) is 0 Å². The molecule has 6 heteroatoms. The van der Waals surface area contributed by atoms with Gasteiger partial charge in [0.15, 0.2) is 0 Å². The van der Waals surface area contributed by atoms with Gasteiger partial charge in [-0.3, -0.25) is 9.59 Å². The van der Waals surface area contributed by atoms with E-state index in [-0.39, 0.29) is 31.3 Å². The Bertz CT molecular complexity index is 1370. The van der Waals surface area contributed by atoms with Crippen LogP contribution in [0.2, 0.25) is 0 Å². The number of hydrogen-bond acceptors (Lipinski definition) is 5. The van der Waals surface area contributed by atoms with Crippen LogP contribution in [0.5, 0.6) is 0 Å². The van der Waals surface area contributed by atoms with Crippen molar-refractivity contribution >= 4 is 11.9 Å². The maximum Gasteiger partial charge on any atom is 0.306 e. The molecule has 0 saturated carbocycles. The molecule has 3 N–H and O–H groups in total. The Morgan fingerprint density at radius 3 is 1.33 bits per heavy atom. The van der Waals surface area contributed by atoms with Crippen molar-refractivity contribution < 1.29 is 24.5 Å². The van der Waals surface area contributed by atoms with Crippen LogP contribution >= 0.6 is 0 Å². The number of esters is 1. The van der Waals surface area contributed by atoms with Gasteiger partial charge in [-0.25, -0.2) is 0 Å². The number of ether oxygens (including phenoxy) is 1. The lowest BCUT2D eigenvalue weighted by Gasteiger charge is -2.24. The lowest BCUT2D eigenvalue weighted by Crippen LogP contribution is -2.46. The topological polar surface area (TPSA) is 95.9 Å². The third-order valence-corrected chi connectivity index (χ3v) is 11.9. The smallest absolute Gasteiger partial charge is 0.306 e. The minimum atomic E-state index is -0.816. The largest absolute Gasteiger partial charge is 0.462 e. The molecule has 0 fully saturated rings. The van der Waals surface area contributed by atoms with Crippen molar-refractivity contribution in [2.75, 3.05) is 6.61 Å². The molecule has 0 bridgehead atoms. The number of carbonyl (C=O) groups excluding carboxylic acids is 2. The molecule has 1 amide bonds. The number of hydrogen-bond donors (Lipinski definition) is 3. The lowest BCUT2D eigenvalue weighted by molar-refractivity contribution is -0.150. The average molecular weight is 930 g/mol. The van der Waals surface area contributed by atoms with Gasteiger partial charge in [0.2, 0.25) is 5.91 Å². The van der Waals surface area contributed by atoms with Crippen molar-refractivity contribution in [3.63, 3.8) is 0 Å². The van der Waals surface area contributed by atoms with E-state index < -0.39 is 18.2 Å². The van der Waals surface area contributed by atoms with Gasteiger partial charge in [-0.2, -0.15) is 0 Å². The summed E-state index contributed by atoms with van der Waals surface area (Å²) in [5.41, 5.74) is 0. The summed E-state index contributed by atoms with van der Waals surface area (Å²) in [5, 5.41) is 23.8. The van der Waals surface area contributed by atoms with Crippen LogP contribution in [-0.2, 0) is 14.3 Å². The first kappa shape index (κ1) is 63.5. The van der Waals surface area contributed by atoms with Gasteiger partial charge in [0, 0.05) is 6.42 Å². The van der Waals surface area contributed by atoms with E-state index in [4.69, 9.17) is 4.74 Å². The van der Waals surface area contributed by atoms with E-state index in [0.29, 0.717) is 19.3 Å². The molecule has 0 aliphatic rings. The summed E-state index contributed by atoms with van der Waals surface area (Å²) in [4.78, 5) is 26.2. The summed E-state index contributed by atoms with van der Waals surface area (Å²) in [5.74, 6) is -0.614. The van der Waals surface area contributed by atoms with Crippen LogP contribution in [0.25, 0.3) is 0 Å². The van der Waals surface area contributed by atoms with Crippen LogP contribution in [-0.4, -0.2) is 46.9 Å². The monoisotopic (exact) mass is 930 g/mol. The molecule has 0 heterocycles. The van der Waals surface area contributed by atoms with E-state index in [9.17, 15) is 19.8 Å². The zero-order valence-electron chi connectivity index (χ0n) is 43.5. The molecule has 67 heavy (non-hydrogen) atoms. The van der Waals surface area contributed by atoms with Crippen molar-refractivity contribution in [1.82, 2.24) is 5.32 Å². The molecular weight excluding hydrogens is 827 g/mol. The number of nitrogens with one attached hydrogen (secondary N) is 1. The predicted octanol–water partition coefficient (Wildman–Crippen LogP) is 17.1. The summed E-state index contributed by atoms with van der Waals surface area (Å²) in [6.45, 7) is 6.33. The molecule has 0 aromatic carbocycles. The number of allylic oxidation sites excluding steroid dienone is 18. The molecule has 0 rings (SSSR count). The lowest BCUT2D eigenvalue weighted by atomic mass is 10.0. The fourth-order valence-electron chi connectivity index (χ4n) is 7.75. The summed E-state index contributed by atoms with van der Waals surface area (Å²) in [7, 11) is 0. The molecular formula is C61H103NO5. The van der Waals surface area contributed by atoms with Gasteiger partial charge in [-0.15, -0.1) is 0 Å². The highest BCUT2D eigenvalue weighted by Gasteiger charge is 2.24. The maximum atomic E-state index is 13.2. The summed E-state index contributed by atoms with van der Waals surface area (Å²) in [6, 6.07) is -0.735. The van der Waals surface area contributed by atoms with Crippen LogP contribution in [0.15, 0.2) is 109 Å². The predicted molar refractivity (Wildman–Crippen MR) is 291 cm³/mol. The Labute approximate surface area is 413 Å². The van der Waals surface area contributed by atoms with E-state index >= 15 is 0 Å². The quantitative estimate of drug-likeness (QED) is 0.0244. The highest BCUT2D eigenvalue weighted by Crippen LogP contribution is 2.17. The van der Waals surface area contributed by atoms with Crippen molar-refractivity contribution in [2.45, 2.75) is 257 Å². The fraction of sp³-hybridized carbons (Fsp3) is 0.672. The Hall–Kier alpha value is -3.48. The highest BCUT2D eigenvalue weighted by molar-refractivity contribution is 5.77. The number of unbranched alkanes of at least 4 members (excludes halogenated alkanes) is 20. The second-order valence-corrected chi connectivity index (χ2v) is 18.3. The van der Waals surface area contributed by atoms with Crippen molar-refractivity contribution in [3.05, 3.63) is 109 Å². The first-order valence-corrected chi connectivity index (χ1v) is 27.6. The molecule has 6 nitrogen and oxygen atoms in total. The first-order chi connectivity index (χ1) is 33.0. The standard InChI is InChI=1S/C61H103NO5/c1-4-7-10-13-16-19-22-25-27-29-30-31-33-36-39-42-45-48-51-54-61(66)67-57(52-49-46-43-40-37-35-32-28-26-23-20-17-14-11-8-5-2)55-60(65)62-58(56-63)59(64)53-50-47-44-41-38-34-24-21-18-15-12-9-6-3/h7,10,16,19,23,25-28,30-32,35-37,39,45,48,57-59,63-64H,4-6,8-9,11-15,17-18,20-22,24,29,33-34,38,40-44,46-47,49-56H2,1-3H3,(H,62,65)/b10-7-,19-16-,26-23+,27-25-,31-30-,32-28+,37-35+,39-36-,48-45-. The van der Waals surface area contributed by atoms with Gasteiger partial charge >= 0.3 is 5.97 Å². The van der Waals surface area contributed by atoms with Gasteiger partial charge in [-0.05, 0) is 89.9 Å². The molecule has 0 radical (unpaired) electrons. The second kappa shape index (κ2) is 53.5. The number of carbonyl (C=O) groups is 2. The van der Waals surface area contributed by atoms with Crippen LogP contribution < -0.4 is 5.32 Å². The summed E-state index contributed by atoms with van der Waals surface area (Å²) >= 11 is 0. The Kier molecular flexibility index (Phi) is 50.7. The average Bonchev–Trinajstić information content (AvgIpc) is 3.32. The van der Waals surface area contributed by atoms with Crippen LogP contribution in [0, 0.1) is 0 Å². The maximum absolute atomic E-state index is 13.2. The highest BCUT2D eigenvalue weighted by atomic mass is 16.5. The normalized spacial score (nSPS) is 14.0. The van der Waals surface area contributed by atoms with E-state index in [1.54, 1.807) is 0 Å². The molecule has 3 atom stereocenters.